The van der Waals surface area contributed by atoms with Crippen LogP contribution in [0.5, 0.6) is 5.75 Å². The van der Waals surface area contributed by atoms with Gasteiger partial charge in [0.15, 0.2) is 6.61 Å². The normalized spacial score (nSPS) is 11.6. The van der Waals surface area contributed by atoms with Gasteiger partial charge in [-0.3, -0.25) is 4.79 Å². The lowest BCUT2D eigenvalue weighted by molar-refractivity contribution is -0.147. The molecule has 0 saturated carbocycles. The standard InChI is InChI=1S/C15H21NO4/c1-5-19-15(18)12(4)16-14(17)9-20-13-8-6-7-10(2)11(13)3/h6-8,12H,5,9H2,1-4H3,(H,16,17). The molecule has 1 N–H and O–H groups in total. The lowest BCUT2D eigenvalue weighted by atomic mass is 10.1. The summed E-state index contributed by atoms with van der Waals surface area (Å²) in [5.41, 5.74) is 2.10. The first-order chi connectivity index (χ1) is 9.45. The van der Waals surface area contributed by atoms with Crippen molar-refractivity contribution in [1.82, 2.24) is 5.32 Å². The number of hydrogen-bond donors (Lipinski definition) is 1. The molecule has 0 aliphatic rings. The molecule has 1 atom stereocenters. The van der Waals surface area contributed by atoms with Crippen molar-refractivity contribution in [1.29, 1.82) is 0 Å². The molecule has 20 heavy (non-hydrogen) atoms. The SMILES string of the molecule is CCOC(=O)C(C)NC(=O)COc1cccc(C)c1C. The highest BCUT2D eigenvalue weighted by atomic mass is 16.5. The van der Waals surface area contributed by atoms with Gasteiger partial charge in [0.05, 0.1) is 6.61 Å². The van der Waals surface area contributed by atoms with Gasteiger partial charge in [0.1, 0.15) is 11.8 Å². The van der Waals surface area contributed by atoms with Gasteiger partial charge in [-0.05, 0) is 44.9 Å². The van der Waals surface area contributed by atoms with E-state index in [0.29, 0.717) is 5.75 Å². The molecule has 1 aromatic carbocycles. The van der Waals surface area contributed by atoms with E-state index in [4.69, 9.17) is 9.47 Å². The zero-order valence-electron chi connectivity index (χ0n) is 12.4. The minimum Gasteiger partial charge on any atom is -0.483 e. The van der Waals surface area contributed by atoms with Gasteiger partial charge in [-0.1, -0.05) is 12.1 Å². The molecule has 0 spiro atoms. The largest absolute Gasteiger partial charge is 0.483 e. The van der Waals surface area contributed by atoms with Gasteiger partial charge < -0.3 is 14.8 Å². The number of rotatable bonds is 6. The van der Waals surface area contributed by atoms with E-state index in [-0.39, 0.29) is 19.1 Å². The van der Waals surface area contributed by atoms with Crippen LogP contribution < -0.4 is 10.1 Å². The van der Waals surface area contributed by atoms with E-state index < -0.39 is 12.0 Å². The van der Waals surface area contributed by atoms with Crippen LogP contribution in [-0.2, 0) is 14.3 Å². The second kappa shape index (κ2) is 7.53. The molecule has 0 bridgehead atoms. The maximum absolute atomic E-state index is 11.7. The van der Waals surface area contributed by atoms with Crippen molar-refractivity contribution < 1.29 is 19.1 Å². The van der Waals surface area contributed by atoms with E-state index in [1.807, 2.05) is 32.0 Å². The Morgan fingerprint density at radius 1 is 1.30 bits per heavy atom. The van der Waals surface area contributed by atoms with Gasteiger partial charge in [0.25, 0.3) is 5.91 Å². The minimum absolute atomic E-state index is 0.131. The summed E-state index contributed by atoms with van der Waals surface area (Å²) in [5.74, 6) is -0.136. The zero-order valence-corrected chi connectivity index (χ0v) is 12.4. The zero-order chi connectivity index (χ0) is 15.1. The second-order valence-corrected chi connectivity index (χ2v) is 4.53. The van der Waals surface area contributed by atoms with Crippen LogP contribution in [0.15, 0.2) is 18.2 Å². The highest BCUT2D eigenvalue weighted by Crippen LogP contribution is 2.20. The lowest BCUT2D eigenvalue weighted by Crippen LogP contribution is -2.41. The highest BCUT2D eigenvalue weighted by molar-refractivity contribution is 5.84. The molecule has 0 saturated heterocycles. The van der Waals surface area contributed by atoms with Crippen molar-refractivity contribution in [2.24, 2.45) is 0 Å². The number of nitrogens with one attached hydrogen (secondary N) is 1. The fourth-order valence-corrected chi connectivity index (χ4v) is 1.63. The monoisotopic (exact) mass is 279 g/mol. The highest BCUT2D eigenvalue weighted by Gasteiger charge is 2.16. The Balaban J connectivity index is 2.47. The molecule has 1 unspecified atom stereocenters. The van der Waals surface area contributed by atoms with Crippen LogP contribution in [0.4, 0.5) is 0 Å². The second-order valence-electron chi connectivity index (χ2n) is 4.53. The predicted octanol–water partition coefficient (Wildman–Crippen LogP) is 1.75. The van der Waals surface area contributed by atoms with Crippen LogP contribution in [0, 0.1) is 13.8 Å². The van der Waals surface area contributed by atoms with Gasteiger partial charge in [0, 0.05) is 0 Å². The first-order valence-electron chi connectivity index (χ1n) is 6.60. The molecule has 0 heterocycles. The number of esters is 1. The van der Waals surface area contributed by atoms with Crippen molar-refractivity contribution in [2.75, 3.05) is 13.2 Å². The smallest absolute Gasteiger partial charge is 0.328 e. The first kappa shape index (κ1) is 16.0. The summed E-state index contributed by atoms with van der Waals surface area (Å²) in [5, 5.41) is 2.53. The van der Waals surface area contributed by atoms with Crippen LogP contribution in [0.3, 0.4) is 0 Å². The number of aryl methyl sites for hydroxylation is 1. The lowest BCUT2D eigenvalue weighted by Gasteiger charge is -2.14. The van der Waals surface area contributed by atoms with E-state index >= 15 is 0 Å². The van der Waals surface area contributed by atoms with E-state index in [0.717, 1.165) is 11.1 Å². The molecule has 0 fully saturated rings. The average Bonchev–Trinajstić information content (AvgIpc) is 2.40. The van der Waals surface area contributed by atoms with Crippen molar-refractivity contribution in [2.45, 2.75) is 33.7 Å². The molecule has 5 heteroatoms. The van der Waals surface area contributed by atoms with E-state index in [2.05, 4.69) is 5.32 Å². The van der Waals surface area contributed by atoms with Crippen LogP contribution in [0.2, 0.25) is 0 Å². The maximum atomic E-state index is 11.7. The Labute approximate surface area is 119 Å². The van der Waals surface area contributed by atoms with Crippen LogP contribution in [0.25, 0.3) is 0 Å². The van der Waals surface area contributed by atoms with Crippen molar-refractivity contribution in [3.05, 3.63) is 29.3 Å². The fourth-order valence-electron chi connectivity index (χ4n) is 1.63. The van der Waals surface area contributed by atoms with E-state index in [1.54, 1.807) is 13.8 Å². The quantitative estimate of drug-likeness (QED) is 0.806. The third-order valence-electron chi connectivity index (χ3n) is 2.93. The molecule has 0 aliphatic heterocycles. The third-order valence-corrected chi connectivity index (χ3v) is 2.93. The molecular weight excluding hydrogens is 258 g/mol. The van der Waals surface area contributed by atoms with E-state index in [1.165, 1.54) is 0 Å². The number of carbonyl (C=O) groups is 2. The summed E-state index contributed by atoms with van der Waals surface area (Å²) < 4.78 is 10.3. The Morgan fingerprint density at radius 3 is 2.65 bits per heavy atom. The predicted molar refractivity (Wildman–Crippen MR) is 75.6 cm³/mol. The van der Waals surface area contributed by atoms with Crippen LogP contribution in [0.1, 0.15) is 25.0 Å². The molecule has 0 aromatic heterocycles. The first-order valence-corrected chi connectivity index (χ1v) is 6.60. The Hall–Kier alpha value is -2.04. The summed E-state index contributed by atoms with van der Waals surface area (Å²) in [6.07, 6.45) is 0. The Morgan fingerprint density at radius 2 is 2.00 bits per heavy atom. The summed E-state index contributed by atoms with van der Waals surface area (Å²) in [4.78, 5) is 23.1. The minimum atomic E-state index is -0.676. The van der Waals surface area contributed by atoms with Crippen molar-refractivity contribution >= 4 is 11.9 Å². The molecule has 1 rings (SSSR count). The summed E-state index contributed by atoms with van der Waals surface area (Å²) in [6.45, 7) is 7.37. The van der Waals surface area contributed by atoms with Gasteiger partial charge in [-0.15, -0.1) is 0 Å². The number of benzene rings is 1. The maximum Gasteiger partial charge on any atom is 0.328 e. The van der Waals surface area contributed by atoms with Crippen molar-refractivity contribution in [3.63, 3.8) is 0 Å². The molecule has 1 amide bonds. The number of amides is 1. The third kappa shape index (κ3) is 4.57. The van der Waals surface area contributed by atoms with Gasteiger partial charge >= 0.3 is 5.97 Å². The van der Waals surface area contributed by atoms with E-state index in [9.17, 15) is 9.59 Å². The summed E-state index contributed by atoms with van der Waals surface area (Å²) in [6, 6.07) is 4.98. The van der Waals surface area contributed by atoms with Gasteiger partial charge in [0.2, 0.25) is 0 Å². The molecule has 110 valence electrons. The Kier molecular flexibility index (Phi) is 6.03. The number of hydrogen-bond acceptors (Lipinski definition) is 4. The molecule has 0 aliphatic carbocycles. The summed E-state index contributed by atoms with van der Waals surface area (Å²) >= 11 is 0. The average molecular weight is 279 g/mol. The van der Waals surface area contributed by atoms with Gasteiger partial charge in [-0.2, -0.15) is 0 Å². The van der Waals surface area contributed by atoms with Crippen molar-refractivity contribution in [3.8, 4) is 5.75 Å². The fraction of sp³-hybridized carbons (Fsp3) is 0.467. The van der Waals surface area contributed by atoms with Crippen LogP contribution >= 0.6 is 0 Å². The topological polar surface area (TPSA) is 64.6 Å². The molecular formula is C15H21NO4. The van der Waals surface area contributed by atoms with Gasteiger partial charge in [-0.25, -0.2) is 4.79 Å². The Bertz CT molecular complexity index is 485. The summed E-state index contributed by atoms with van der Waals surface area (Å²) in [7, 11) is 0. The van der Waals surface area contributed by atoms with Crippen LogP contribution in [-0.4, -0.2) is 31.1 Å². The molecule has 0 radical (unpaired) electrons. The number of carbonyl (C=O) groups excluding carboxylic acids is 2. The molecule has 1 aromatic rings. The molecule has 5 nitrogen and oxygen atoms in total. The number of ether oxygens (including phenoxy) is 2.